The fourth-order valence-electron chi connectivity index (χ4n) is 5.86. The Bertz CT molecular complexity index is 622. The van der Waals surface area contributed by atoms with Crippen LogP contribution in [0.1, 0.15) is 143 Å². The molecule has 0 heterocycles. The first-order chi connectivity index (χ1) is 16.2. The zero-order valence-corrected chi connectivity index (χ0v) is 24.1. The first-order valence-electron chi connectivity index (χ1n) is 14.9. The van der Waals surface area contributed by atoms with Crippen molar-refractivity contribution in [3.63, 3.8) is 0 Å². The molecule has 0 aromatic carbocycles. The standard InChI is InChI=1S/C32H56Si/c1-4-6-7-8-9-10-11-12-13-14-15-16-17-18-19-21-24-30-29(5-2)25-26-31(30)33-32(3)27-22-20-23-28-32/h20,22-23,25-27,31H,4-19,21,24,28,33H2,1-3H3. The van der Waals surface area contributed by atoms with Crippen molar-refractivity contribution in [3.05, 3.63) is 47.6 Å². The molecule has 0 aliphatic heterocycles. The van der Waals surface area contributed by atoms with Gasteiger partial charge in [0.2, 0.25) is 0 Å². The van der Waals surface area contributed by atoms with Gasteiger partial charge in [-0.25, -0.2) is 0 Å². The van der Waals surface area contributed by atoms with E-state index >= 15 is 0 Å². The maximum atomic E-state index is 2.57. The van der Waals surface area contributed by atoms with Gasteiger partial charge >= 0.3 is 0 Å². The highest BCUT2D eigenvalue weighted by Gasteiger charge is 2.29. The molecule has 0 spiro atoms. The Morgan fingerprint density at radius 2 is 1.30 bits per heavy atom. The smallest absolute Gasteiger partial charge is 0.0447 e. The van der Waals surface area contributed by atoms with Crippen LogP contribution in [-0.2, 0) is 0 Å². The Labute approximate surface area is 210 Å². The molecule has 33 heavy (non-hydrogen) atoms. The van der Waals surface area contributed by atoms with E-state index in [-0.39, 0.29) is 9.52 Å². The molecule has 0 bridgehead atoms. The average Bonchev–Trinajstić information content (AvgIpc) is 3.20. The van der Waals surface area contributed by atoms with Crippen molar-refractivity contribution in [3.8, 4) is 0 Å². The molecule has 0 fully saturated rings. The first kappa shape index (κ1) is 28.4. The van der Waals surface area contributed by atoms with Crippen LogP contribution in [0.4, 0.5) is 0 Å². The van der Waals surface area contributed by atoms with Crippen LogP contribution in [0.5, 0.6) is 0 Å². The second-order valence-corrected chi connectivity index (χ2v) is 14.2. The largest absolute Gasteiger partial charge is 0.0840 e. The van der Waals surface area contributed by atoms with Gasteiger partial charge in [-0.1, -0.05) is 159 Å². The van der Waals surface area contributed by atoms with E-state index in [1.54, 1.807) is 5.57 Å². The van der Waals surface area contributed by atoms with E-state index in [0.29, 0.717) is 5.04 Å². The van der Waals surface area contributed by atoms with E-state index in [9.17, 15) is 0 Å². The average molecular weight is 469 g/mol. The summed E-state index contributed by atoms with van der Waals surface area (Å²) in [5.41, 5.74) is 4.32. The highest BCUT2D eigenvalue weighted by Crippen LogP contribution is 2.43. The third-order valence-corrected chi connectivity index (χ3v) is 10.7. The Morgan fingerprint density at radius 1 is 0.758 bits per heavy atom. The number of rotatable bonds is 20. The molecule has 2 atom stereocenters. The summed E-state index contributed by atoms with van der Waals surface area (Å²) in [7, 11) is -0.193. The maximum Gasteiger partial charge on any atom is 0.0447 e. The minimum absolute atomic E-state index is 0.193. The molecule has 0 saturated carbocycles. The Balaban J connectivity index is 1.47. The van der Waals surface area contributed by atoms with Gasteiger partial charge in [0.05, 0.1) is 0 Å². The second-order valence-electron chi connectivity index (χ2n) is 11.3. The van der Waals surface area contributed by atoms with Crippen LogP contribution in [-0.4, -0.2) is 9.52 Å². The molecule has 0 saturated heterocycles. The van der Waals surface area contributed by atoms with E-state index in [1.807, 2.05) is 5.57 Å². The molecule has 2 aliphatic carbocycles. The summed E-state index contributed by atoms with van der Waals surface area (Å²) < 4.78 is 0. The van der Waals surface area contributed by atoms with Crippen LogP contribution in [0.2, 0.25) is 10.6 Å². The van der Waals surface area contributed by atoms with Crippen LogP contribution in [0.3, 0.4) is 0 Å². The number of hydrogen-bond acceptors (Lipinski definition) is 0. The van der Waals surface area contributed by atoms with Gasteiger partial charge in [0, 0.05) is 9.52 Å². The minimum atomic E-state index is -0.193. The zero-order valence-electron chi connectivity index (χ0n) is 22.7. The van der Waals surface area contributed by atoms with E-state index in [1.165, 1.54) is 122 Å². The van der Waals surface area contributed by atoms with Gasteiger partial charge in [-0.2, -0.15) is 0 Å². The van der Waals surface area contributed by atoms with Crippen molar-refractivity contribution in [2.24, 2.45) is 0 Å². The van der Waals surface area contributed by atoms with Crippen LogP contribution >= 0.6 is 0 Å². The number of hydrogen-bond donors (Lipinski definition) is 0. The molecule has 2 rings (SSSR count). The Hall–Kier alpha value is -0.823. The normalized spacial score (nSPS) is 22.5. The van der Waals surface area contributed by atoms with E-state index < -0.39 is 0 Å². The monoisotopic (exact) mass is 468 g/mol. The summed E-state index contributed by atoms with van der Waals surface area (Å²) in [6, 6.07) is 0. The molecule has 2 aliphatic rings. The van der Waals surface area contributed by atoms with Crippen LogP contribution in [0.25, 0.3) is 0 Å². The predicted octanol–water partition coefficient (Wildman–Crippen LogP) is 10.6. The summed E-state index contributed by atoms with van der Waals surface area (Å²) in [6.45, 7) is 7.16. The lowest BCUT2D eigenvalue weighted by Gasteiger charge is -2.30. The van der Waals surface area contributed by atoms with Gasteiger partial charge in [-0.15, -0.1) is 0 Å². The van der Waals surface area contributed by atoms with Crippen molar-refractivity contribution in [2.75, 3.05) is 0 Å². The van der Waals surface area contributed by atoms with Crippen LogP contribution in [0.15, 0.2) is 47.6 Å². The third kappa shape index (κ3) is 11.9. The molecular weight excluding hydrogens is 412 g/mol. The molecule has 1 heteroatoms. The van der Waals surface area contributed by atoms with Gasteiger partial charge in [0.1, 0.15) is 0 Å². The van der Waals surface area contributed by atoms with E-state index in [0.717, 1.165) is 5.54 Å². The molecule has 0 nitrogen and oxygen atoms in total. The molecule has 0 N–H and O–H groups in total. The van der Waals surface area contributed by atoms with Crippen LogP contribution in [0, 0.1) is 0 Å². The van der Waals surface area contributed by atoms with Crippen molar-refractivity contribution < 1.29 is 0 Å². The van der Waals surface area contributed by atoms with E-state index in [2.05, 4.69) is 57.2 Å². The summed E-state index contributed by atoms with van der Waals surface area (Å²) in [5.74, 6) is 0. The van der Waals surface area contributed by atoms with E-state index in [4.69, 9.17) is 0 Å². The van der Waals surface area contributed by atoms with Crippen molar-refractivity contribution >= 4 is 9.52 Å². The van der Waals surface area contributed by atoms with Crippen molar-refractivity contribution in [1.29, 1.82) is 0 Å². The third-order valence-electron chi connectivity index (χ3n) is 8.09. The number of unbranched alkanes of at least 4 members (excludes halogenated alkanes) is 15. The quantitative estimate of drug-likeness (QED) is 0.123. The van der Waals surface area contributed by atoms with Gasteiger partial charge in [-0.05, 0) is 41.8 Å². The van der Waals surface area contributed by atoms with Gasteiger partial charge in [0.25, 0.3) is 0 Å². The van der Waals surface area contributed by atoms with Crippen molar-refractivity contribution in [2.45, 2.75) is 153 Å². The number of allylic oxidation sites excluding steroid dienone is 8. The topological polar surface area (TPSA) is 0 Å². The highest BCUT2D eigenvalue weighted by molar-refractivity contribution is 6.45. The molecule has 0 radical (unpaired) electrons. The molecule has 188 valence electrons. The lowest BCUT2D eigenvalue weighted by molar-refractivity contribution is 0.529. The zero-order chi connectivity index (χ0) is 23.6. The molecule has 0 amide bonds. The SMILES string of the molecule is CCCCCCCCCCCCCCCCCCC1=C(CC)C=CC1[SiH2]C1(C)C=CC=CC1. The summed E-state index contributed by atoms with van der Waals surface area (Å²) in [6.07, 6.45) is 41.6. The Morgan fingerprint density at radius 3 is 1.79 bits per heavy atom. The first-order valence-corrected chi connectivity index (χ1v) is 16.5. The summed E-state index contributed by atoms with van der Waals surface area (Å²) in [5, 5.41) is 0.479. The van der Waals surface area contributed by atoms with Gasteiger partial charge in [-0.3, -0.25) is 0 Å². The molecule has 2 unspecified atom stereocenters. The highest BCUT2D eigenvalue weighted by atomic mass is 28.2. The molecule has 0 aromatic rings. The lowest BCUT2D eigenvalue weighted by atomic mass is 9.99. The van der Waals surface area contributed by atoms with Crippen molar-refractivity contribution in [1.82, 2.24) is 0 Å². The predicted molar refractivity (Wildman–Crippen MR) is 154 cm³/mol. The van der Waals surface area contributed by atoms with Crippen LogP contribution < -0.4 is 0 Å². The minimum Gasteiger partial charge on any atom is -0.0840 e. The summed E-state index contributed by atoms with van der Waals surface area (Å²) in [4.78, 5) is 0. The second kappa shape index (κ2) is 17.6. The molecule has 0 aromatic heterocycles. The molecular formula is C32H56Si. The van der Waals surface area contributed by atoms with Gasteiger partial charge in [0.15, 0.2) is 0 Å². The van der Waals surface area contributed by atoms with Gasteiger partial charge < -0.3 is 0 Å². The fraction of sp³-hybridized carbons (Fsp3) is 0.750. The Kier molecular flexibility index (Phi) is 15.1. The maximum absolute atomic E-state index is 2.57. The summed E-state index contributed by atoms with van der Waals surface area (Å²) >= 11 is 0. The lowest BCUT2D eigenvalue weighted by Crippen LogP contribution is -2.20. The fourth-order valence-corrected chi connectivity index (χ4v) is 8.46.